The summed E-state index contributed by atoms with van der Waals surface area (Å²) in [4.78, 5) is 10.8. The van der Waals surface area contributed by atoms with Gasteiger partial charge in [0.15, 0.2) is 0 Å². The number of hydrogen-bond donors (Lipinski definition) is 2. The van der Waals surface area contributed by atoms with Crippen LogP contribution < -0.4 is 16.2 Å². The van der Waals surface area contributed by atoms with Crippen molar-refractivity contribution >= 4 is 11.6 Å². The van der Waals surface area contributed by atoms with Crippen LogP contribution in [0.2, 0.25) is 0 Å². The summed E-state index contributed by atoms with van der Waals surface area (Å²) in [5.41, 5.74) is 2.57. The number of nitrogens with two attached hydrogens (primary N) is 1. The molecule has 2 aliphatic rings. The lowest BCUT2D eigenvalue weighted by molar-refractivity contribution is 0.708. The van der Waals surface area contributed by atoms with Gasteiger partial charge < -0.3 is 10.3 Å². The number of hydrogen-bond acceptors (Lipinski definition) is 5. The topological polar surface area (TPSA) is 67.1 Å². The number of nitrogen functional groups attached to an aromatic ring is 1. The molecule has 5 nitrogen and oxygen atoms in total. The SMILES string of the molecule is NNc1cc(N(CC2CC2)C2CC2)ncn1. The molecular formula is C11H17N5. The molecule has 5 heteroatoms. The molecule has 0 unspecified atom stereocenters. The Kier molecular flexibility index (Phi) is 2.40. The number of hydrazine groups is 1. The van der Waals surface area contributed by atoms with Crippen molar-refractivity contribution < 1.29 is 0 Å². The first-order valence-electron chi connectivity index (χ1n) is 5.92. The Morgan fingerprint density at radius 2 is 2.12 bits per heavy atom. The molecule has 0 bridgehead atoms. The molecule has 16 heavy (non-hydrogen) atoms. The van der Waals surface area contributed by atoms with E-state index in [4.69, 9.17) is 5.84 Å². The molecule has 0 spiro atoms. The van der Waals surface area contributed by atoms with Gasteiger partial charge in [-0.15, -0.1) is 0 Å². The van der Waals surface area contributed by atoms with Gasteiger partial charge in [-0.05, 0) is 31.6 Å². The van der Waals surface area contributed by atoms with Gasteiger partial charge in [0.1, 0.15) is 18.0 Å². The molecule has 0 saturated heterocycles. The molecule has 0 atom stereocenters. The summed E-state index contributed by atoms with van der Waals surface area (Å²) in [5.74, 6) is 7.94. The molecule has 2 fully saturated rings. The Bertz CT molecular complexity index is 372. The van der Waals surface area contributed by atoms with Crippen LogP contribution in [0.3, 0.4) is 0 Å². The monoisotopic (exact) mass is 219 g/mol. The Labute approximate surface area is 95.0 Å². The summed E-state index contributed by atoms with van der Waals surface area (Å²) in [7, 11) is 0. The van der Waals surface area contributed by atoms with Gasteiger partial charge >= 0.3 is 0 Å². The maximum absolute atomic E-state index is 5.37. The Hall–Kier alpha value is -1.36. The third-order valence-electron chi connectivity index (χ3n) is 3.23. The molecule has 2 saturated carbocycles. The predicted molar refractivity (Wildman–Crippen MR) is 62.9 cm³/mol. The maximum atomic E-state index is 5.37. The van der Waals surface area contributed by atoms with Gasteiger partial charge in [0.25, 0.3) is 0 Å². The first-order chi connectivity index (χ1) is 7.86. The lowest BCUT2D eigenvalue weighted by Crippen LogP contribution is -2.29. The average molecular weight is 219 g/mol. The van der Waals surface area contributed by atoms with Crippen LogP contribution in [0.25, 0.3) is 0 Å². The van der Waals surface area contributed by atoms with E-state index in [-0.39, 0.29) is 0 Å². The summed E-state index contributed by atoms with van der Waals surface area (Å²) >= 11 is 0. The summed E-state index contributed by atoms with van der Waals surface area (Å²) in [6.07, 6.45) is 6.91. The highest BCUT2D eigenvalue weighted by molar-refractivity contribution is 5.49. The highest BCUT2D eigenvalue weighted by atomic mass is 15.3. The minimum absolute atomic E-state index is 0.687. The minimum Gasteiger partial charge on any atom is -0.353 e. The van der Waals surface area contributed by atoms with Crippen molar-refractivity contribution in [3.05, 3.63) is 12.4 Å². The predicted octanol–water partition coefficient (Wildman–Crippen LogP) is 1.14. The lowest BCUT2D eigenvalue weighted by Gasteiger charge is -2.23. The molecule has 86 valence electrons. The number of anilines is 2. The largest absolute Gasteiger partial charge is 0.353 e. The van der Waals surface area contributed by atoms with Crippen LogP contribution in [-0.2, 0) is 0 Å². The fourth-order valence-corrected chi connectivity index (χ4v) is 1.98. The van der Waals surface area contributed by atoms with E-state index < -0.39 is 0 Å². The van der Waals surface area contributed by atoms with Gasteiger partial charge in [-0.1, -0.05) is 0 Å². The molecule has 3 N–H and O–H groups in total. The highest BCUT2D eigenvalue weighted by Gasteiger charge is 2.34. The molecular weight excluding hydrogens is 202 g/mol. The van der Waals surface area contributed by atoms with Gasteiger partial charge in [0.05, 0.1) is 0 Å². The van der Waals surface area contributed by atoms with Gasteiger partial charge in [-0.2, -0.15) is 0 Å². The van der Waals surface area contributed by atoms with Crippen LogP contribution in [0.5, 0.6) is 0 Å². The Balaban J connectivity index is 1.79. The summed E-state index contributed by atoms with van der Waals surface area (Å²) in [6, 6.07) is 2.63. The molecule has 2 aliphatic carbocycles. The summed E-state index contributed by atoms with van der Waals surface area (Å²) in [6.45, 7) is 1.14. The number of nitrogens with one attached hydrogen (secondary N) is 1. The van der Waals surface area contributed by atoms with Crippen LogP contribution in [0.1, 0.15) is 25.7 Å². The lowest BCUT2D eigenvalue weighted by atomic mass is 10.3. The van der Waals surface area contributed by atoms with E-state index in [0.29, 0.717) is 11.9 Å². The van der Waals surface area contributed by atoms with Gasteiger partial charge in [-0.25, -0.2) is 15.8 Å². The zero-order valence-corrected chi connectivity index (χ0v) is 9.26. The van der Waals surface area contributed by atoms with Crippen molar-refractivity contribution in [2.75, 3.05) is 16.9 Å². The number of rotatable bonds is 5. The molecule has 0 aliphatic heterocycles. The van der Waals surface area contributed by atoms with Gasteiger partial charge in [0, 0.05) is 18.7 Å². The van der Waals surface area contributed by atoms with Crippen molar-refractivity contribution in [2.45, 2.75) is 31.7 Å². The standard InChI is InChI=1S/C11H17N5/c12-15-10-5-11(14-7-13-10)16(9-3-4-9)6-8-1-2-8/h5,7-9H,1-4,6,12H2,(H,13,14,15). The molecule has 3 rings (SSSR count). The van der Waals surface area contributed by atoms with E-state index in [1.165, 1.54) is 25.7 Å². The molecule has 1 aromatic heterocycles. The van der Waals surface area contributed by atoms with Crippen LogP contribution in [0.4, 0.5) is 11.6 Å². The van der Waals surface area contributed by atoms with E-state index in [0.717, 1.165) is 18.3 Å². The number of aromatic nitrogens is 2. The third-order valence-corrected chi connectivity index (χ3v) is 3.23. The molecule has 0 radical (unpaired) electrons. The molecule has 1 aromatic rings. The maximum Gasteiger partial charge on any atom is 0.145 e. The van der Waals surface area contributed by atoms with Crippen molar-refractivity contribution in [3.8, 4) is 0 Å². The smallest absolute Gasteiger partial charge is 0.145 e. The third kappa shape index (κ3) is 2.09. The Morgan fingerprint density at radius 3 is 2.75 bits per heavy atom. The first-order valence-corrected chi connectivity index (χ1v) is 5.92. The average Bonchev–Trinajstić information content (AvgIpc) is 3.16. The highest BCUT2D eigenvalue weighted by Crippen LogP contribution is 2.37. The first kappa shape index (κ1) is 9.84. The second-order valence-corrected chi connectivity index (χ2v) is 4.73. The molecule has 0 aromatic carbocycles. The van der Waals surface area contributed by atoms with Crippen LogP contribution in [0, 0.1) is 5.92 Å². The van der Waals surface area contributed by atoms with Crippen LogP contribution in [-0.4, -0.2) is 22.6 Å². The van der Waals surface area contributed by atoms with Crippen molar-refractivity contribution in [1.29, 1.82) is 0 Å². The van der Waals surface area contributed by atoms with Gasteiger partial charge in [-0.3, -0.25) is 0 Å². The fourth-order valence-electron chi connectivity index (χ4n) is 1.98. The molecule has 0 amide bonds. The van der Waals surface area contributed by atoms with E-state index in [9.17, 15) is 0 Å². The number of nitrogens with zero attached hydrogens (tertiary/aromatic N) is 3. The van der Waals surface area contributed by atoms with E-state index in [1.807, 2.05) is 6.07 Å². The van der Waals surface area contributed by atoms with Crippen LogP contribution in [0.15, 0.2) is 12.4 Å². The second kappa shape index (κ2) is 3.90. The van der Waals surface area contributed by atoms with Gasteiger partial charge in [0.2, 0.25) is 0 Å². The summed E-state index contributed by atoms with van der Waals surface area (Å²) in [5, 5.41) is 0. The quantitative estimate of drug-likeness (QED) is 0.574. The van der Waals surface area contributed by atoms with Crippen LogP contribution >= 0.6 is 0 Å². The zero-order valence-electron chi connectivity index (χ0n) is 9.26. The van der Waals surface area contributed by atoms with E-state index >= 15 is 0 Å². The normalized spacial score (nSPS) is 19.6. The van der Waals surface area contributed by atoms with E-state index in [2.05, 4.69) is 20.3 Å². The fraction of sp³-hybridized carbons (Fsp3) is 0.636. The summed E-state index contributed by atoms with van der Waals surface area (Å²) < 4.78 is 0. The van der Waals surface area contributed by atoms with Crippen molar-refractivity contribution in [1.82, 2.24) is 9.97 Å². The van der Waals surface area contributed by atoms with Crippen molar-refractivity contribution in [3.63, 3.8) is 0 Å². The van der Waals surface area contributed by atoms with Crippen molar-refractivity contribution in [2.24, 2.45) is 11.8 Å². The minimum atomic E-state index is 0.687. The zero-order chi connectivity index (χ0) is 11.0. The Morgan fingerprint density at radius 1 is 1.31 bits per heavy atom. The second-order valence-electron chi connectivity index (χ2n) is 4.73. The molecule has 1 heterocycles. The van der Waals surface area contributed by atoms with E-state index in [1.54, 1.807) is 6.33 Å².